The highest BCUT2D eigenvalue weighted by atomic mass is 32.1. The number of hydrogen-bond donors (Lipinski definition) is 1. The summed E-state index contributed by atoms with van der Waals surface area (Å²) >= 11 is 1.73. The number of fused-ring (bicyclic) bond motifs is 1. The number of aromatic nitrogens is 5. The lowest BCUT2D eigenvalue weighted by atomic mass is 10.1. The predicted octanol–water partition coefficient (Wildman–Crippen LogP) is 4.61. The largest absolute Gasteiger partial charge is 0.376 e. The first-order valence-electron chi connectivity index (χ1n) is 12.4. The van der Waals surface area contributed by atoms with Gasteiger partial charge in [0.05, 0.1) is 24.2 Å². The molecule has 0 aliphatic carbocycles. The molecule has 9 heteroatoms. The van der Waals surface area contributed by atoms with E-state index in [1.807, 2.05) is 29.8 Å². The molecule has 1 aromatic carbocycles. The molecule has 1 aliphatic rings. The van der Waals surface area contributed by atoms with Gasteiger partial charge < -0.3 is 9.72 Å². The Bertz CT molecular complexity index is 1310. The van der Waals surface area contributed by atoms with E-state index in [0.29, 0.717) is 13.1 Å². The number of rotatable bonds is 10. The van der Waals surface area contributed by atoms with E-state index >= 15 is 0 Å². The average Bonchev–Trinajstić information content (AvgIpc) is 3.63. The molecular formula is C26H32N6O2S. The lowest BCUT2D eigenvalue weighted by Crippen LogP contribution is -2.33. The molecule has 0 bridgehead atoms. The maximum Gasteiger partial charge on any atom is 0.252 e. The molecule has 0 spiro atoms. The molecule has 2 atom stereocenters. The molecule has 0 radical (unpaired) electrons. The normalized spacial score (nSPS) is 16.9. The summed E-state index contributed by atoms with van der Waals surface area (Å²) in [5.41, 5.74) is 2.67. The molecule has 0 unspecified atom stereocenters. The van der Waals surface area contributed by atoms with Crippen molar-refractivity contribution >= 4 is 22.2 Å². The molecule has 0 saturated carbocycles. The van der Waals surface area contributed by atoms with Crippen molar-refractivity contribution in [1.29, 1.82) is 0 Å². The van der Waals surface area contributed by atoms with Gasteiger partial charge in [0, 0.05) is 30.1 Å². The molecule has 4 heterocycles. The van der Waals surface area contributed by atoms with Crippen LogP contribution in [0.1, 0.15) is 60.5 Å². The van der Waals surface area contributed by atoms with Crippen molar-refractivity contribution in [2.24, 2.45) is 0 Å². The number of H-pyrrole nitrogens is 1. The summed E-state index contributed by atoms with van der Waals surface area (Å²) in [7, 11) is 0. The number of pyridine rings is 1. The molecule has 0 amide bonds. The first kappa shape index (κ1) is 23.8. The van der Waals surface area contributed by atoms with Gasteiger partial charge in [-0.25, -0.2) is 4.68 Å². The summed E-state index contributed by atoms with van der Waals surface area (Å²) in [6.45, 7) is 6.89. The molecule has 184 valence electrons. The van der Waals surface area contributed by atoms with Gasteiger partial charge >= 0.3 is 0 Å². The summed E-state index contributed by atoms with van der Waals surface area (Å²) in [5.74, 6) is 0.840. The molecule has 1 saturated heterocycles. The van der Waals surface area contributed by atoms with Crippen LogP contribution in [0, 0.1) is 6.92 Å². The molecule has 3 aromatic heterocycles. The Balaban J connectivity index is 1.50. The van der Waals surface area contributed by atoms with Crippen LogP contribution < -0.4 is 5.56 Å². The maximum absolute atomic E-state index is 13.1. The minimum atomic E-state index is -0.0443. The van der Waals surface area contributed by atoms with Crippen molar-refractivity contribution in [1.82, 2.24) is 30.1 Å². The fourth-order valence-electron chi connectivity index (χ4n) is 4.95. The number of nitrogens with one attached hydrogen (secondary N) is 1. The Kier molecular flexibility index (Phi) is 7.36. The Labute approximate surface area is 208 Å². The fraction of sp³-hybridized carbons (Fsp3) is 0.462. The van der Waals surface area contributed by atoms with Gasteiger partial charge in [-0.15, -0.1) is 16.4 Å². The Morgan fingerprint density at radius 3 is 2.97 bits per heavy atom. The Hall–Kier alpha value is -2.88. The number of ether oxygens (including phenoxy) is 1. The summed E-state index contributed by atoms with van der Waals surface area (Å²) in [5, 5.41) is 16.0. The number of tetrazole rings is 1. The summed E-state index contributed by atoms with van der Waals surface area (Å²) < 4.78 is 7.76. The SMILES string of the molecule is CCC[C@@H](c1nnnn1C[C@@H]1CCCO1)N(Cc1cccs1)Cc1cc2cccc(C)c2[nH]c1=O. The third kappa shape index (κ3) is 5.37. The van der Waals surface area contributed by atoms with Crippen molar-refractivity contribution in [3.63, 3.8) is 0 Å². The van der Waals surface area contributed by atoms with Gasteiger partial charge in [0.15, 0.2) is 5.82 Å². The molecule has 1 fully saturated rings. The van der Waals surface area contributed by atoms with Gasteiger partial charge in [0.25, 0.3) is 5.56 Å². The van der Waals surface area contributed by atoms with Crippen molar-refractivity contribution in [2.75, 3.05) is 6.61 Å². The van der Waals surface area contributed by atoms with E-state index in [2.05, 4.69) is 55.9 Å². The van der Waals surface area contributed by atoms with Crippen LogP contribution in [0.25, 0.3) is 10.9 Å². The summed E-state index contributed by atoms with van der Waals surface area (Å²) in [6.07, 6.45) is 4.13. The lowest BCUT2D eigenvalue weighted by molar-refractivity contribution is 0.0885. The third-order valence-electron chi connectivity index (χ3n) is 6.74. The van der Waals surface area contributed by atoms with Crippen molar-refractivity contribution in [3.8, 4) is 0 Å². The summed E-state index contributed by atoms with van der Waals surface area (Å²) in [4.78, 5) is 19.9. The number of aryl methyl sites for hydroxylation is 1. The van der Waals surface area contributed by atoms with Gasteiger partial charge in [-0.05, 0) is 65.1 Å². The Morgan fingerprint density at radius 1 is 1.29 bits per heavy atom. The molecule has 1 N–H and O–H groups in total. The van der Waals surface area contributed by atoms with Gasteiger partial charge in [-0.1, -0.05) is 37.6 Å². The van der Waals surface area contributed by atoms with Gasteiger partial charge in [-0.2, -0.15) is 0 Å². The van der Waals surface area contributed by atoms with Crippen molar-refractivity contribution in [3.05, 3.63) is 74.0 Å². The quantitative estimate of drug-likeness (QED) is 0.348. The molecule has 35 heavy (non-hydrogen) atoms. The highest BCUT2D eigenvalue weighted by molar-refractivity contribution is 7.09. The Morgan fingerprint density at radius 2 is 2.20 bits per heavy atom. The molecule has 8 nitrogen and oxygen atoms in total. The fourth-order valence-corrected chi connectivity index (χ4v) is 5.68. The van der Waals surface area contributed by atoms with Crippen molar-refractivity contribution < 1.29 is 4.74 Å². The van der Waals surface area contributed by atoms with E-state index in [4.69, 9.17) is 4.74 Å². The number of nitrogens with zero attached hydrogens (tertiary/aromatic N) is 5. The smallest absolute Gasteiger partial charge is 0.252 e. The standard InChI is InChI=1S/C26H32N6O2S/c1-3-7-23(25-28-29-30-32(25)16-21-10-5-12-34-21)31(17-22-11-6-13-35-22)15-20-14-19-9-4-8-18(2)24(19)27-26(20)33/h4,6,8-9,11,13-14,21,23H,3,5,7,10,12,15-17H2,1-2H3,(H,27,33)/t21-,23-/m0/s1. The van der Waals surface area contributed by atoms with Crippen LogP contribution in [0.2, 0.25) is 0 Å². The molecule has 4 aromatic rings. The topological polar surface area (TPSA) is 88.9 Å². The van der Waals surface area contributed by atoms with E-state index in [9.17, 15) is 4.79 Å². The van der Waals surface area contributed by atoms with Crippen LogP contribution in [0.3, 0.4) is 0 Å². The lowest BCUT2D eigenvalue weighted by Gasteiger charge is -2.30. The zero-order valence-corrected chi connectivity index (χ0v) is 21.1. The second-order valence-electron chi connectivity index (χ2n) is 9.31. The van der Waals surface area contributed by atoms with Crippen LogP contribution in [-0.2, 0) is 24.4 Å². The van der Waals surface area contributed by atoms with Crippen LogP contribution >= 0.6 is 11.3 Å². The first-order chi connectivity index (χ1) is 17.1. The van der Waals surface area contributed by atoms with E-state index in [-0.39, 0.29) is 17.7 Å². The highest BCUT2D eigenvalue weighted by Crippen LogP contribution is 2.29. The van der Waals surface area contributed by atoms with E-state index in [1.54, 1.807) is 11.3 Å². The zero-order valence-electron chi connectivity index (χ0n) is 20.3. The van der Waals surface area contributed by atoms with Gasteiger partial charge in [0.1, 0.15) is 0 Å². The van der Waals surface area contributed by atoms with Crippen LogP contribution in [0.5, 0.6) is 0 Å². The second-order valence-corrected chi connectivity index (χ2v) is 10.3. The highest BCUT2D eigenvalue weighted by Gasteiger charge is 2.28. The minimum absolute atomic E-state index is 0.0221. The van der Waals surface area contributed by atoms with Crippen LogP contribution in [0.4, 0.5) is 0 Å². The molecule has 5 rings (SSSR count). The minimum Gasteiger partial charge on any atom is -0.376 e. The van der Waals surface area contributed by atoms with E-state index in [1.165, 1.54) is 4.88 Å². The molecule has 1 aliphatic heterocycles. The number of para-hydroxylation sites is 1. The average molecular weight is 493 g/mol. The monoisotopic (exact) mass is 492 g/mol. The summed E-state index contributed by atoms with van der Waals surface area (Å²) in [6, 6.07) is 12.3. The maximum atomic E-state index is 13.1. The third-order valence-corrected chi connectivity index (χ3v) is 7.60. The van der Waals surface area contributed by atoms with E-state index < -0.39 is 0 Å². The predicted molar refractivity (Wildman–Crippen MR) is 137 cm³/mol. The molecular weight excluding hydrogens is 460 g/mol. The number of aromatic amines is 1. The zero-order chi connectivity index (χ0) is 24.2. The number of hydrogen-bond acceptors (Lipinski definition) is 7. The second kappa shape index (κ2) is 10.8. The van der Waals surface area contributed by atoms with Crippen LogP contribution in [-0.4, -0.2) is 42.8 Å². The number of thiophene rings is 1. The van der Waals surface area contributed by atoms with E-state index in [0.717, 1.165) is 66.7 Å². The van der Waals surface area contributed by atoms with Gasteiger partial charge in [-0.3, -0.25) is 9.69 Å². The van der Waals surface area contributed by atoms with Gasteiger partial charge in [0.2, 0.25) is 0 Å². The first-order valence-corrected chi connectivity index (χ1v) is 13.3. The van der Waals surface area contributed by atoms with Crippen molar-refractivity contribution in [2.45, 2.75) is 71.3 Å². The van der Waals surface area contributed by atoms with Crippen LogP contribution in [0.15, 0.2) is 46.6 Å². The number of benzene rings is 1.